The summed E-state index contributed by atoms with van der Waals surface area (Å²) in [7, 11) is -7.12. The normalized spacial score (nSPS) is 23.6. The van der Waals surface area contributed by atoms with Crippen molar-refractivity contribution in [3.63, 3.8) is 0 Å². The van der Waals surface area contributed by atoms with E-state index in [0.717, 1.165) is 37.3 Å². The second-order valence-corrected chi connectivity index (χ2v) is 13.2. The minimum atomic E-state index is -3.89. The molecule has 1 aromatic carbocycles. The summed E-state index contributed by atoms with van der Waals surface area (Å²) in [6.45, 7) is 6.15. The third-order valence-corrected chi connectivity index (χ3v) is 10.4. The Morgan fingerprint density at radius 3 is 2.64 bits per heavy atom. The van der Waals surface area contributed by atoms with Crippen LogP contribution in [-0.2, 0) is 35.8 Å². The summed E-state index contributed by atoms with van der Waals surface area (Å²) in [6, 6.07) is 4.38. The van der Waals surface area contributed by atoms with Gasteiger partial charge in [-0.1, -0.05) is 0 Å². The maximum Gasteiger partial charge on any atom is 0.243 e. The number of aryl methyl sites for hydroxylation is 1. The number of anilines is 1. The van der Waals surface area contributed by atoms with Gasteiger partial charge in [-0.3, -0.25) is 9.69 Å². The van der Waals surface area contributed by atoms with Crippen molar-refractivity contribution in [2.75, 3.05) is 62.3 Å². The molecule has 1 atom stereocenters. The lowest BCUT2D eigenvalue weighted by Gasteiger charge is -2.31. The summed E-state index contributed by atoms with van der Waals surface area (Å²) in [4.78, 5) is 16.1. The highest BCUT2D eigenvalue weighted by molar-refractivity contribution is 7.92. The summed E-state index contributed by atoms with van der Waals surface area (Å²) >= 11 is 0. The van der Waals surface area contributed by atoms with E-state index in [1.54, 1.807) is 23.1 Å². The number of carbonyl (C=O) groups excluding carboxylic acids is 1. The van der Waals surface area contributed by atoms with Gasteiger partial charge in [0.2, 0.25) is 15.9 Å². The van der Waals surface area contributed by atoms with Crippen LogP contribution in [0.2, 0.25) is 0 Å². The first-order valence-corrected chi connectivity index (χ1v) is 14.9. The number of morpholine rings is 1. The molecule has 1 aromatic rings. The molecule has 3 aliphatic rings. The van der Waals surface area contributed by atoms with Crippen molar-refractivity contribution in [2.24, 2.45) is 0 Å². The maximum absolute atomic E-state index is 13.7. The summed E-state index contributed by atoms with van der Waals surface area (Å²) < 4.78 is 58.5. The Morgan fingerprint density at radius 1 is 1.21 bits per heavy atom. The van der Waals surface area contributed by atoms with E-state index in [0.29, 0.717) is 39.0 Å². The van der Waals surface area contributed by atoms with Crippen molar-refractivity contribution >= 4 is 31.5 Å². The van der Waals surface area contributed by atoms with Crippen molar-refractivity contribution in [3.05, 3.63) is 23.8 Å². The third kappa shape index (κ3) is 5.59. The molecule has 33 heavy (non-hydrogen) atoms. The molecule has 3 aliphatic heterocycles. The number of sulfone groups is 1. The van der Waals surface area contributed by atoms with Crippen molar-refractivity contribution in [2.45, 2.75) is 43.5 Å². The Bertz CT molecular complexity index is 1080. The molecule has 0 spiro atoms. The summed E-state index contributed by atoms with van der Waals surface area (Å²) in [5.74, 6) is -0.176. The second kappa shape index (κ2) is 9.99. The molecule has 1 unspecified atom stereocenters. The van der Waals surface area contributed by atoms with Gasteiger partial charge in [0.05, 0.1) is 29.6 Å². The number of hydrogen-bond donors (Lipinski definition) is 0. The largest absolute Gasteiger partial charge is 0.379 e. The van der Waals surface area contributed by atoms with Gasteiger partial charge in [-0.15, -0.1) is 0 Å². The number of hydrogen-bond acceptors (Lipinski definition) is 7. The van der Waals surface area contributed by atoms with Gasteiger partial charge in [0, 0.05) is 44.8 Å². The molecule has 0 N–H and O–H groups in total. The van der Waals surface area contributed by atoms with Crippen molar-refractivity contribution < 1.29 is 26.4 Å². The van der Waals surface area contributed by atoms with Gasteiger partial charge in [0.1, 0.15) is 0 Å². The van der Waals surface area contributed by atoms with E-state index in [4.69, 9.17) is 4.74 Å². The summed E-state index contributed by atoms with van der Waals surface area (Å²) in [6.07, 6.45) is 2.43. The number of sulfonamides is 1. The zero-order chi connectivity index (χ0) is 23.6. The first-order valence-electron chi connectivity index (χ1n) is 11.6. The van der Waals surface area contributed by atoms with E-state index >= 15 is 0 Å². The molecule has 1 amide bonds. The van der Waals surface area contributed by atoms with Crippen LogP contribution in [0.5, 0.6) is 0 Å². The van der Waals surface area contributed by atoms with Crippen LogP contribution in [0, 0.1) is 0 Å². The van der Waals surface area contributed by atoms with Gasteiger partial charge in [0.25, 0.3) is 0 Å². The van der Waals surface area contributed by atoms with Gasteiger partial charge in [-0.25, -0.2) is 16.8 Å². The van der Waals surface area contributed by atoms with Crippen molar-refractivity contribution in [1.29, 1.82) is 0 Å². The Kier molecular flexibility index (Phi) is 7.44. The van der Waals surface area contributed by atoms with E-state index < -0.39 is 25.9 Å². The molecular formula is C22H33N3O6S2. The smallest absolute Gasteiger partial charge is 0.243 e. The summed E-state index contributed by atoms with van der Waals surface area (Å²) in [5, 5.41) is 0. The lowest BCUT2D eigenvalue weighted by atomic mass is 10.0. The molecule has 2 saturated heterocycles. The van der Waals surface area contributed by atoms with E-state index in [2.05, 4.69) is 4.90 Å². The fraction of sp³-hybridized carbons (Fsp3) is 0.682. The van der Waals surface area contributed by atoms with E-state index in [-0.39, 0.29) is 28.9 Å². The highest BCUT2D eigenvalue weighted by Gasteiger charge is 2.39. The highest BCUT2D eigenvalue weighted by atomic mass is 32.2. The van der Waals surface area contributed by atoms with Gasteiger partial charge >= 0.3 is 0 Å². The third-order valence-electron chi connectivity index (χ3n) is 6.73. The molecule has 2 fully saturated rings. The Morgan fingerprint density at radius 2 is 1.97 bits per heavy atom. The standard InChI is InChI=1S/C22H33N3O6S2/c1-18(26)24-9-2-4-19-16-21(5-6-22(19)24)33(29,30)25(20-7-15-32(27,28)17-20)10-3-8-23-11-13-31-14-12-23/h5-6,16,20H,2-4,7-15,17H2,1H3. The molecule has 4 rings (SSSR count). The number of benzene rings is 1. The number of carbonyl (C=O) groups is 1. The molecule has 0 aliphatic carbocycles. The van der Waals surface area contributed by atoms with Gasteiger partial charge < -0.3 is 9.64 Å². The minimum Gasteiger partial charge on any atom is -0.379 e. The van der Waals surface area contributed by atoms with Crippen LogP contribution in [0.25, 0.3) is 0 Å². The first-order chi connectivity index (χ1) is 15.7. The van der Waals surface area contributed by atoms with Gasteiger partial charge in [-0.05, 0) is 56.0 Å². The maximum atomic E-state index is 13.7. The average molecular weight is 500 g/mol. The lowest BCUT2D eigenvalue weighted by molar-refractivity contribution is -0.116. The monoisotopic (exact) mass is 499 g/mol. The lowest BCUT2D eigenvalue weighted by Crippen LogP contribution is -2.43. The van der Waals surface area contributed by atoms with Gasteiger partial charge in [0.15, 0.2) is 9.84 Å². The summed E-state index contributed by atoms with van der Waals surface area (Å²) in [5.41, 5.74) is 1.60. The molecule has 184 valence electrons. The van der Waals surface area contributed by atoms with Crippen LogP contribution in [0.15, 0.2) is 23.1 Å². The number of nitrogens with zero attached hydrogens (tertiary/aromatic N) is 3. The molecule has 3 heterocycles. The van der Waals surface area contributed by atoms with Crippen LogP contribution in [0.4, 0.5) is 5.69 Å². The van der Waals surface area contributed by atoms with E-state index in [1.165, 1.54) is 11.2 Å². The van der Waals surface area contributed by atoms with Crippen LogP contribution < -0.4 is 4.90 Å². The number of fused-ring (bicyclic) bond motifs is 1. The minimum absolute atomic E-state index is 0.0188. The Balaban J connectivity index is 1.57. The first kappa shape index (κ1) is 24.6. The van der Waals surface area contributed by atoms with E-state index in [9.17, 15) is 21.6 Å². The number of rotatable bonds is 7. The number of amides is 1. The predicted octanol–water partition coefficient (Wildman–Crippen LogP) is 0.886. The Labute approximate surface area is 196 Å². The quantitative estimate of drug-likeness (QED) is 0.549. The van der Waals surface area contributed by atoms with Crippen LogP contribution in [-0.4, -0.2) is 95.4 Å². The molecule has 0 saturated carbocycles. The SMILES string of the molecule is CC(=O)N1CCCc2cc(S(=O)(=O)N(CCCN3CCOCC3)C3CCS(=O)(=O)C3)ccc21. The van der Waals surface area contributed by atoms with Crippen LogP contribution >= 0.6 is 0 Å². The number of ether oxygens (including phenoxy) is 1. The average Bonchev–Trinajstić information content (AvgIpc) is 3.15. The molecule has 0 radical (unpaired) electrons. The fourth-order valence-electron chi connectivity index (χ4n) is 4.97. The molecular weight excluding hydrogens is 466 g/mol. The highest BCUT2D eigenvalue weighted by Crippen LogP contribution is 2.32. The molecule has 0 bridgehead atoms. The van der Waals surface area contributed by atoms with Crippen LogP contribution in [0.3, 0.4) is 0 Å². The van der Waals surface area contributed by atoms with Crippen LogP contribution in [0.1, 0.15) is 31.7 Å². The topological polar surface area (TPSA) is 104 Å². The zero-order valence-corrected chi connectivity index (χ0v) is 20.7. The zero-order valence-electron chi connectivity index (χ0n) is 19.1. The van der Waals surface area contributed by atoms with Crippen molar-refractivity contribution in [3.8, 4) is 0 Å². The van der Waals surface area contributed by atoms with Gasteiger partial charge in [-0.2, -0.15) is 4.31 Å². The Hall–Kier alpha value is -1.53. The van der Waals surface area contributed by atoms with Crippen molar-refractivity contribution in [1.82, 2.24) is 9.21 Å². The second-order valence-electron chi connectivity index (χ2n) is 9.04. The molecule has 9 nitrogen and oxygen atoms in total. The van der Waals surface area contributed by atoms with E-state index in [1.807, 2.05) is 0 Å². The fourth-order valence-corrected chi connectivity index (χ4v) is 8.54. The molecule has 11 heteroatoms. The molecule has 0 aromatic heterocycles. The predicted molar refractivity (Wildman–Crippen MR) is 126 cm³/mol.